The van der Waals surface area contributed by atoms with E-state index in [2.05, 4.69) is 97.6 Å². The van der Waals surface area contributed by atoms with E-state index in [-0.39, 0.29) is 76.5 Å². The first-order valence-corrected chi connectivity index (χ1v) is 19.7. The van der Waals surface area contributed by atoms with Gasteiger partial charge in [-0.2, -0.15) is 24.3 Å². The Morgan fingerprint density at radius 3 is 0.969 bits per heavy atom. The second kappa shape index (κ2) is 42.5. The van der Waals surface area contributed by atoms with Crippen LogP contribution >= 0.6 is 0 Å². The first-order chi connectivity index (χ1) is 13.6. The molecule has 0 bridgehead atoms. The molecule has 32 heavy (non-hydrogen) atoms. The molecule has 0 aromatic carbocycles. The van der Waals surface area contributed by atoms with Crippen molar-refractivity contribution in [1.29, 1.82) is 0 Å². The molecular formula is C26H38Cl2Ge2Hf2-6. The van der Waals surface area contributed by atoms with Crippen molar-refractivity contribution in [3.8, 4) is 0 Å². The fraction of sp³-hybridized carbons (Fsp3) is 0.385. The summed E-state index contributed by atoms with van der Waals surface area (Å²) in [6.07, 6.45) is 36.7. The largest absolute Gasteiger partial charge is 1.00 e. The summed E-state index contributed by atoms with van der Waals surface area (Å²) in [5.74, 6) is 9.12. The molecule has 0 fully saturated rings. The monoisotopic (exact) mass is 928 g/mol. The third kappa shape index (κ3) is 44.9. The molecule has 0 saturated heterocycles. The van der Waals surface area contributed by atoms with E-state index >= 15 is 0 Å². The van der Waals surface area contributed by atoms with E-state index < -0.39 is 0 Å². The molecule has 0 aliphatic heterocycles. The zero-order valence-corrected chi connectivity index (χ0v) is 34.1. The van der Waals surface area contributed by atoms with E-state index in [9.17, 15) is 0 Å². The van der Waals surface area contributed by atoms with Crippen molar-refractivity contribution in [3.05, 3.63) is 96.2 Å². The second-order valence-electron chi connectivity index (χ2n) is 6.09. The van der Waals surface area contributed by atoms with Crippen LogP contribution in [0.25, 0.3) is 0 Å². The Kier molecular flexibility index (Phi) is 61.9. The average Bonchev–Trinajstić information content (AvgIpc) is 3.47. The first-order valence-electron chi connectivity index (χ1n) is 10.0. The Morgan fingerprint density at radius 2 is 0.906 bits per heavy atom. The molecule has 0 nitrogen and oxygen atoms in total. The van der Waals surface area contributed by atoms with Gasteiger partial charge in [0.1, 0.15) is 0 Å². The van der Waals surface area contributed by atoms with E-state index in [1.54, 1.807) is 0 Å². The second-order valence-corrected chi connectivity index (χ2v) is 10.9. The minimum Gasteiger partial charge on any atom is -1.00 e. The zero-order chi connectivity index (χ0) is 21.3. The molecule has 4 aliphatic carbocycles. The topological polar surface area (TPSA) is 0 Å². The molecule has 0 aromatic heterocycles. The third-order valence-electron chi connectivity index (χ3n) is 2.90. The molecule has 0 atom stereocenters. The van der Waals surface area contributed by atoms with Crippen LogP contribution in [0.5, 0.6) is 0 Å². The van der Waals surface area contributed by atoms with Crippen LogP contribution < -0.4 is 24.8 Å². The molecule has 0 aromatic rings. The van der Waals surface area contributed by atoms with Crippen molar-refractivity contribution >= 4 is 30.9 Å². The average molecular weight is 924 g/mol. The molecule has 2 radical (unpaired) electrons. The van der Waals surface area contributed by atoms with Crippen LogP contribution in [0.3, 0.4) is 0 Å². The molecule has 6 heteroatoms. The number of halogens is 2. The maximum Gasteiger partial charge on any atom is 0 e. The van der Waals surface area contributed by atoms with E-state index in [1.807, 2.05) is 24.3 Å². The Hall–Kier alpha value is 1.33. The van der Waals surface area contributed by atoms with Crippen LogP contribution in [0.4, 0.5) is 0 Å². The quantitative estimate of drug-likeness (QED) is 0.252. The van der Waals surface area contributed by atoms with Gasteiger partial charge in [-0.25, -0.2) is 47.6 Å². The minimum atomic E-state index is 0. The maximum absolute atomic E-state index is 3.12. The Balaban J connectivity index is -0.0000000630. The molecule has 0 heterocycles. The maximum atomic E-state index is 3.12. The number of allylic oxidation sites excluding steroid dienone is 16. The standard InChI is InChI=1S/2C6H7.2C5H5.2C2H7Ge.2ClH.2Hf/c2*1-6-4-2-3-5-6;2*1-2-4-5-3-1;2*1-3-2;;;;/h2*2,4H,3H2,1H3;2*1-3H,4H2;2*3H,1-2H3;2*1H;;/q4*-1;;;;;;/p-2. The summed E-state index contributed by atoms with van der Waals surface area (Å²) in [4.78, 5) is 0. The summed E-state index contributed by atoms with van der Waals surface area (Å²) in [5, 5.41) is 0. The van der Waals surface area contributed by atoms with Gasteiger partial charge < -0.3 is 24.8 Å². The van der Waals surface area contributed by atoms with Gasteiger partial charge in [-0.1, -0.05) is 13.8 Å². The van der Waals surface area contributed by atoms with Gasteiger partial charge in [0, 0.05) is 51.7 Å². The van der Waals surface area contributed by atoms with Crippen LogP contribution in [0.1, 0.15) is 39.5 Å². The molecule has 0 spiro atoms. The number of hydrogen-bond donors (Lipinski definition) is 0. The van der Waals surface area contributed by atoms with Gasteiger partial charge in [0.05, 0.1) is 0 Å². The van der Waals surface area contributed by atoms with E-state index in [0.29, 0.717) is 30.9 Å². The van der Waals surface area contributed by atoms with Crippen molar-refractivity contribution in [1.82, 2.24) is 0 Å². The molecule has 178 valence electrons. The van der Waals surface area contributed by atoms with Gasteiger partial charge in [0.15, 0.2) is 0 Å². The number of hydrogen-bond acceptors (Lipinski definition) is 0. The smallest absolute Gasteiger partial charge is 0 e. The van der Waals surface area contributed by atoms with Gasteiger partial charge in [-0.05, 0) is 0 Å². The summed E-state index contributed by atoms with van der Waals surface area (Å²) in [7, 11) is 0. The van der Waals surface area contributed by atoms with Crippen molar-refractivity contribution in [2.75, 3.05) is 0 Å². The molecule has 4 aliphatic rings. The van der Waals surface area contributed by atoms with Gasteiger partial charge >= 0.3 is 53.9 Å². The Bertz CT molecular complexity index is 511. The minimum absolute atomic E-state index is 0. The fourth-order valence-corrected chi connectivity index (χ4v) is 1.71. The van der Waals surface area contributed by atoms with Crippen LogP contribution in [-0.2, 0) is 51.7 Å². The van der Waals surface area contributed by atoms with Crippen LogP contribution in [0, 0.1) is 24.3 Å². The van der Waals surface area contributed by atoms with Crippen molar-refractivity contribution in [3.63, 3.8) is 0 Å². The fourth-order valence-electron chi connectivity index (χ4n) is 1.71. The summed E-state index contributed by atoms with van der Waals surface area (Å²) in [6.45, 7) is 4.12. The van der Waals surface area contributed by atoms with Gasteiger partial charge in [-0.3, -0.25) is 24.3 Å². The van der Waals surface area contributed by atoms with Crippen LogP contribution in [0.15, 0.2) is 71.9 Å². The van der Waals surface area contributed by atoms with Gasteiger partial charge in [0.2, 0.25) is 0 Å². The van der Waals surface area contributed by atoms with Crippen LogP contribution in [0.2, 0.25) is 23.0 Å². The normalized spacial score (nSPS) is 13.6. The molecule has 0 N–H and O–H groups in total. The summed E-state index contributed by atoms with van der Waals surface area (Å²) < 4.78 is 0. The molecule has 0 saturated carbocycles. The van der Waals surface area contributed by atoms with E-state index in [4.69, 9.17) is 0 Å². The van der Waals surface area contributed by atoms with Crippen LogP contribution in [-0.4, -0.2) is 30.9 Å². The van der Waals surface area contributed by atoms with Crippen molar-refractivity contribution < 1.29 is 76.5 Å². The zero-order valence-electron chi connectivity index (χ0n) is 20.5. The summed E-state index contributed by atoms with van der Waals surface area (Å²) >= 11 is 0.625. The molecule has 0 amide bonds. The van der Waals surface area contributed by atoms with Crippen molar-refractivity contribution in [2.45, 2.75) is 62.6 Å². The third-order valence-corrected chi connectivity index (χ3v) is 2.90. The first kappa shape index (κ1) is 46.6. The molecule has 4 rings (SSSR count). The molecule has 0 unspecified atom stereocenters. The van der Waals surface area contributed by atoms with Gasteiger partial charge in [0.25, 0.3) is 0 Å². The summed E-state index contributed by atoms with van der Waals surface area (Å²) in [6, 6.07) is 0. The SMILES string of the molecule is CC1=[C-]CC=C1.CC1=[C-]CC=C1.[C-]1=CC=CC1.[C-]1=CC=CC1.[CH3][GeH][CH3].[CH3][GeH][CH3].[Cl-].[Cl-].[Hf].[Hf]. The van der Waals surface area contributed by atoms with E-state index in [0.717, 1.165) is 25.7 Å². The molecular weight excluding hydrogens is 885 g/mol. The van der Waals surface area contributed by atoms with E-state index in [1.165, 1.54) is 11.1 Å². The Morgan fingerprint density at radius 1 is 0.594 bits per heavy atom. The number of rotatable bonds is 0. The Labute approximate surface area is 263 Å². The predicted molar refractivity (Wildman–Crippen MR) is 133 cm³/mol. The van der Waals surface area contributed by atoms with Gasteiger partial charge in [-0.15, -0.1) is 25.7 Å². The summed E-state index contributed by atoms with van der Waals surface area (Å²) in [5.41, 5.74) is 2.55. The predicted octanol–water partition coefficient (Wildman–Crippen LogP) is 1.04. The van der Waals surface area contributed by atoms with Crippen molar-refractivity contribution in [2.24, 2.45) is 0 Å².